The summed E-state index contributed by atoms with van der Waals surface area (Å²) in [5.41, 5.74) is -0.277. The van der Waals surface area contributed by atoms with E-state index in [0.717, 1.165) is 38.5 Å². The van der Waals surface area contributed by atoms with E-state index >= 15 is 0 Å². The molecular weight excluding hydrogens is 366 g/mol. The molecule has 1 amide bonds. The minimum absolute atomic E-state index is 0.244. The van der Waals surface area contributed by atoms with Crippen molar-refractivity contribution in [3.05, 3.63) is 10.4 Å². The Kier molecular flexibility index (Phi) is 8.95. The quantitative estimate of drug-likeness (QED) is 0.442. The van der Waals surface area contributed by atoms with Gasteiger partial charge in [-0.05, 0) is 31.6 Å². The third kappa shape index (κ3) is 7.82. The molecule has 0 radical (unpaired) electrons. The van der Waals surface area contributed by atoms with Crippen LogP contribution in [-0.2, 0) is 4.79 Å². The van der Waals surface area contributed by atoms with Crippen LogP contribution in [0.25, 0.3) is 0 Å². The van der Waals surface area contributed by atoms with E-state index in [1.54, 1.807) is 28.2 Å². The third-order valence-corrected chi connectivity index (χ3v) is 7.16. The predicted molar refractivity (Wildman–Crippen MR) is 119 cm³/mol. The zero-order valence-corrected chi connectivity index (χ0v) is 19.5. The van der Waals surface area contributed by atoms with Crippen LogP contribution in [0.1, 0.15) is 77.0 Å². The van der Waals surface area contributed by atoms with Crippen LogP contribution in [0.15, 0.2) is 0 Å². The summed E-state index contributed by atoms with van der Waals surface area (Å²) in [6, 6.07) is 0. The first-order valence-electron chi connectivity index (χ1n) is 11.9. The molecule has 0 bridgehead atoms. The molecule has 170 valence electrons. The van der Waals surface area contributed by atoms with Crippen molar-refractivity contribution in [3.63, 3.8) is 0 Å². The molecule has 6 nitrogen and oxygen atoms in total. The van der Waals surface area contributed by atoms with Crippen LogP contribution in [0.3, 0.4) is 0 Å². The van der Waals surface area contributed by atoms with Crippen molar-refractivity contribution in [2.75, 3.05) is 54.4 Å². The van der Waals surface area contributed by atoms with E-state index in [0.29, 0.717) is 32.1 Å². The highest BCUT2D eigenvalue weighted by Gasteiger charge is 2.47. The SMILES string of the molecule is C[N+](C)([O-])CCN(CC[N+](C)(C)[O-])C(=O)C1(C2CCCCC2)CCCCCCC1. The number of amides is 1. The number of nitrogens with zero attached hydrogens (tertiary/aromatic N) is 3. The van der Waals surface area contributed by atoms with Crippen LogP contribution in [0, 0.1) is 21.7 Å². The molecule has 6 heteroatoms. The maximum Gasteiger partial charge on any atom is 0.229 e. The number of hydroxylamine groups is 6. The Morgan fingerprint density at radius 3 is 1.66 bits per heavy atom. The standard InChI is InChI=1S/C23H45N3O3/c1-25(2,28)19-17-24(18-20-26(3,4)29)22(27)23(21-13-9-8-10-14-21)15-11-6-5-7-12-16-23/h21H,5-20H2,1-4H3. The number of rotatable bonds is 8. The largest absolute Gasteiger partial charge is 0.633 e. The van der Waals surface area contributed by atoms with E-state index in [4.69, 9.17) is 0 Å². The van der Waals surface area contributed by atoms with Crippen molar-refractivity contribution in [2.24, 2.45) is 11.3 Å². The van der Waals surface area contributed by atoms with Crippen LogP contribution in [0.2, 0.25) is 0 Å². The summed E-state index contributed by atoms with van der Waals surface area (Å²) < 4.78 is -0.814. The molecule has 0 aliphatic heterocycles. The van der Waals surface area contributed by atoms with Crippen LogP contribution in [0.4, 0.5) is 0 Å². The Bertz CT molecular complexity index is 478. The van der Waals surface area contributed by atoms with Gasteiger partial charge in [-0.3, -0.25) is 4.79 Å². The number of carbonyl (C=O) groups is 1. The van der Waals surface area contributed by atoms with Crippen LogP contribution in [-0.4, -0.2) is 74.5 Å². The summed E-state index contributed by atoms with van der Waals surface area (Å²) >= 11 is 0. The number of quaternary nitrogens is 2. The first kappa shape index (κ1) is 24.6. The lowest BCUT2D eigenvalue weighted by Crippen LogP contribution is -2.54. The highest BCUT2D eigenvalue weighted by atomic mass is 16.5. The molecule has 0 aromatic heterocycles. The molecule has 0 spiro atoms. The van der Waals surface area contributed by atoms with E-state index in [1.807, 2.05) is 4.90 Å². The van der Waals surface area contributed by atoms with Gasteiger partial charge < -0.3 is 24.6 Å². The van der Waals surface area contributed by atoms with E-state index in [1.165, 1.54) is 38.5 Å². The molecule has 0 atom stereocenters. The predicted octanol–water partition coefficient (Wildman–Crippen LogP) is 4.27. The number of carbonyl (C=O) groups excluding carboxylic acids is 1. The first-order valence-corrected chi connectivity index (χ1v) is 11.9. The molecular formula is C23H45N3O3. The summed E-state index contributed by atoms with van der Waals surface area (Å²) in [5, 5.41) is 24.4. The zero-order chi connectivity index (χ0) is 21.5. The number of hydrogen-bond donors (Lipinski definition) is 0. The molecule has 2 rings (SSSR count). The fourth-order valence-corrected chi connectivity index (χ4v) is 5.34. The van der Waals surface area contributed by atoms with Gasteiger partial charge in [0.1, 0.15) is 0 Å². The van der Waals surface area contributed by atoms with Crippen molar-refractivity contribution >= 4 is 5.91 Å². The number of likely N-dealkylation sites (N-methyl/N-ethyl adjacent to an activating group) is 2. The smallest absolute Gasteiger partial charge is 0.229 e. The maximum absolute atomic E-state index is 14.1. The summed E-state index contributed by atoms with van der Waals surface area (Å²) in [6.07, 6.45) is 14.0. The Balaban J connectivity index is 2.27. The number of hydrogen-bond acceptors (Lipinski definition) is 3. The second-order valence-electron chi connectivity index (χ2n) is 10.6. The lowest BCUT2D eigenvalue weighted by Gasteiger charge is -2.46. The molecule has 0 aromatic carbocycles. The van der Waals surface area contributed by atoms with Crippen LogP contribution in [0.5, 0.6) is 0 Å². The summed E-state index contributed by atoms with van der Waals surface area (Å²) in [6.45, 7) is 1.64. The Morgan fingerprint density at radius 2 is 1.21 bits per heavy atom. The highest BCUT2D eigenvalue weighted by Crippen LogP contribution is 2.48. The molecule has 2 saturated carbocycles. The Morgan fingerprint density at radius 1 is 0.793 bits per heavy atom. The van der Waals surface area contributed by atoms with Gasteiger partial charge >= 0.3 is 0 Å². The fraction of sp³-hybridized carbons (Fsp3) is 0.957. The summed E-state index contributed by atoms with van der Waals surface area (Å²) in [4.78, 5) is 16.0. The van der Waals surface area contributed by atoms with Crippen molar-refractivity contribution in [1.82, 2.24) is 4.90 Å². The second-order valence-corrected chi connectivity index (χ2v) is 10.6. The maximum atomic E-state index is 14.1. The van der Waals surface area contributed by atoms with Gasteiger partial charge in [0, 0.05) is 0 Å². The molecule has 2 aliphatic rings. The van der Waals surface area contributed by atoms with Gasteiger partial charge in [0.05, 0.1) is 59.8 Å². The van der Waals surface area contributed by atoms with Gasteiger partial charge in [-0.15, -0.1) is 0 Å². The molecule has 0 aromatic rings. The van der Waals surface area contributed by atoms with Gasteiger partial charge in [0.15, 0.2) is 0 Å². The van der Waals surface area contributed by atoms with Crippen LogP contribution < -0.4 is 0 Å². The van der Waals surface area contributed by atoms with Crippen molar-refractivity contribution in [1.29, 1.82) is 0 Å². The first-order chi connectivity index (χ1) is 13.5. The van der Waals surface area contributed by atoms with Crippen LogP contribution >= 0.6 is 0 Å². The van der Waals surface area contributed by atoms with Gasteiger partial charge in [-0.1, -0.05) is 51.4 Å². The molecule has 0 saturated heterocycles. The topological polar surface area (TPSA) is 66.4 Å². The normalized spacial score (nSPS) is 22.0. The zero-order valence-electron chi connectivity index (χ0n) is 19.5. The minimum atomic E-state index is -0.407. The van der Waals surface area contributed by atoms with Gasteiger partial charge in [-0.25, -0.2) is 0 Å². The van der Waals surface area contributed by atoms with Crippen molar-refractivity contribution in [3.8, 4) is 0 Å². The van der Waals surface area contributed by atoms with E-state index < -0.39 is 9.29 Å². The monoisotopic (exact) mass is 411 g/mol. The molecule has 0 heterocycles. The Hall–Kier alpha value is -0.690. The average Bonchev–Trinajstić information content (AvgIpc) is 2.60. The molecule has 29 heavy (non-hydrogen) atoms. The average molecular weight is 412 g/mol. The molecule has 2 fully saturated rings. The second kappa shape index (κ2) is 10.6. The molecule has 0 unspecified atom stereocenters. The molecule has 2 aliphatic carbocycles. The van der Waals surface area contributed by atoms with Gasteiger partial charge in [0.2, 0.25) is 5.91 Å². The molecule has 0 N–H and O–H groups in total. The van der Waals surface area contributed by atoms with Gasteiger partial charge in [0.25, 0.3) is 0 Å². The van der Waals surface area contributed by atoms with Crippen molar-refractivity contribution in [2.45, 2.75) is 77.0 Å². The van der Waals surface area contributed by atoms with Crippen molar-refractivity contribution < 1.29 is 14.1 Å². The lowest BCUT2D eigenvalue weighted by atomic mass is 9.62. The minimum Gasteiger partial charge on any atom is -0.633 e. The third-order valence-electron chi connectivity index (χ3n) is 7.16. The lowest BCUT2D eigenvalue weighted by molar-refractivity contribution is -0.842. The summed E-state index contributed by atoms with van der Waals surface area (Å²) in [5.74, 6) is 0.710. The van der Waals surface area contributed by atoms with E-state index in [9.17, 15) is 15.2 Å². The van der Waals surface area contributed by atoms with Gasteiger partial charge in [-0.2, -0.15) is 0 Å². The summed E-state index contributed by atoms with van der Waals surface area (Å²) in [7, 11) is 6.51. The van der Waals surface area contributed by atoms with E-state index in [2.05, 4.69) is 0 Å². The Labute approximate surface area is 178 Å². The van der Waals surface area contributed by atoms with E-state index in [-0.39, 0.29) is 11.3 Å². The highest BCUT2D eigenvalue weighted by molar-refractivity contribution is 5.83. The fourth-order valence-electron chi connectivity index (χ4n) is 5.34.